The molecule has 6 aromatic carbocycles. The normalized spacial score (nSPS) is 17.8. The molecule has 0 saturated heterocycles. The summed E-state index contributed by atoms with van der Waals surface area (Å²) in [7, 11) is 0. The summed E-state index contributed by atoms with van der Waals surface area (Å²) in [5, 5.41) is 24.3. The molecule has 0 fully saturated rings. The van der Waals surface area contributed by atoms with Crippen molar-refractivity contribution < 1.29 is 28.4 Å². The second-order valence-electron chi connectivity index (χ2n) is 14.6. The van der Waals surface area contributed by atoms with Gasteiger partial charge in [0.1, 0.15) is 0 Å². The molecule has 10 nitrogen and oxygen atoms in total. The van der Waals surface area contributed by atoms with Gasteiger partial charge in [0.15, 0.2) is 0 Å². The first-order valence-electron chi connectivity index (χ1n) is 21.2. The third-order valence-electron chi connectivity index (χ3n) is 10.4. The predicted molar refractivity (Wildman–Crippen MR) is 240 cm³/mol. The second kappa shape index (κ2) is 23.0. The lowest BCUT2D eigenvalue weighted by Crippen LogP contribution is -2.12. The summed E-state index contributed by atoms with van der Waals surface area (Å²) in [6.07, 6.45) is 3.65. The summed E-state index contributed by atoms with van der Waals surface area (Å²) in [6, 6.07) is 35.0. The quantitative estimate of drug-likeness (QED) is 0.111. The van der Waals surface area contributed by atoms with Gasteiger partial charge in [-0.1, -0.05) is 48.5 Å². The van der Waals surface area contributed by atoms with Gasteiger partial charge in [0, 0.05) is 96.9 Å². The Labute approximate surface area is 342 Å². The number of hydrogen-bond donors (Lipinski definition) is 4. The predicted octanol–water partition coefficient (Wildman–Crippen LogP) is 9.32. The van der Waals surface area contributed by atoms with Gasteiger partial charge in [-0.25, -0.2) is 0 Å². The first-order chi connectivity index (χ1) is 28.8. The maximum absolute atomic E-state index is 5.84. The summed E-state index contributed by atoms with van der Waals surface area (Å²) >= 11 is 0. The van der Waals surface area contributed by atoms with Crippen LogP contribution in [0, 0.1) is 0 Å². The van der Waals surface area contributed by atoms with Crippen molar-refractivity contribution in [3.8, 4) is 0 Å². The Balaban J connectivity index is 0.888. The highest BCUT2D eigenvalue weighted by molar-refractivity contribution is 6.08. The molecule has 12 bridgehead atoms. The molecule has 0 aromatic heterocycles. The number of hydrogen-bond acceptors (Lipinski definition) is 10. The molecule has 0 amide bonds. The third kappa shape index (κ3) is 12.2. The van der Waals surface area contributed by atoms with E-state index in [0.29, 0.717) is 79.3 Å². The molecule has 0 radical (unpaired) electrons. The molecule has 10 heteroatoms. The Morgan fingerprint density at radius 1 is 0.276 bits per heavy atom. The summed E-state index contributed by atoms with van der Waals surface area (Å²) in [5.74, 6) is 0. The molecule has 4 aliphatic rings. The summed E-state index contributed by atoms with van der Waals surface area (Å²) in [5.41, 5.74) is 4.57. The van der Waals surface area contributed by atoms with Gasteiger partial charge >= 0.3 is 0 Å². The Morgan fingerprint density at radius 2 is 0.500 bits per heavy atom. The van der Waals surface area contributed by atoms with E-state index in [0.717, 1.165) is 74.6 Å². The van der Waals surface area contributed by atoms with E-state index in [2.05, 4.69) is 118 Å². The van der Waals surface area contributed by atoms with Crippen LogP contribution in [0.4, 0.5) is 22.7 Å². The Kier molecular flexibility index (Phi) is 16.5. The minimum absolute atomic E-state index is 0.567. The number of rotatable bonds is 0. The van der Waals surface area contributed by atoms with Crippen molar-refractivity contribution in [1.29, 1.82) is 0 Å². The number of anilines is 4. The van der Waals surface area contributed by atoms with Gasteiger partial charge < -0.3 is 49.7 Å². The fraction of sp³-hybridized carbons (Fsp3) is 0.417. The van der Waals surface area contributed by atoms with Gasteiger partial charge in [0.05, 0.1) is 52.9 Å². The van der Waals surface area contributed by atoms with Gasteiger partial charge in [-0.2, -0.15) is 0 Å². The SMILES string of the molecule is c1cc2c3cc4cccc(c4cc3c1)NCCCOCCOCCOCCCNc1cccc3cc4c(cccc4cc13)NCCCOCCOCCOCCCN2. The van der Waals surface area contributed by atoms with E-state index >= 15 is 0 Å². The number of ether oxygens (including phenoxy) is 6. The van der Waals surface area contributed by atoms with Crippen LogP contribution >= 0.6 is 0 Å². The zero-order valence-electron chi connectivity index (χ0n) is 33.8. The van der Waals surface area contributed by atoms with Gasteiger partial charge in [-0.15, -0.1) is 0 Å². The second-order valence-corrected chi connectivity index (χ2v) is 14.6. The highest BCUT2D eigenvalue weighted by Gasteiger charge is 2.09. The Hall–Kier alpha value is -4.68. The van der Waals surface area contributed by atoms with Crippen molar-refractivity contribution >= 4 is 65.8 Å². The monoisotopic (exact) mass is 788 g/mol. The molecule has 58 heavy (non-hydrogen) atoms. The highest BCUT2D eigenvalue weighted by atomic mass is 16.5. The molecule has 308 valence electrons. The molecule has 6 aromatic rings. The maximum Gasteiger partial charge on any atom is 0.0701 e. The molecule has 0 aliphatic carbocycles. The molecule has 4 aliphatic heterocycles. The van der Waals surface area contributed by atoms with E-state index in [1.54, 1.807) is 0 Å². The highest BCUT2D eigenvalue weighted by Crippen LogP contribution is 2.33. The zero-order chi connectivity index (χ0) is 39.5. The van der Waals surface area contributed by atoms with E-state index in [1.165, 1.54) is 43.1 Å². The molecule has 0 saturated carbocycles. The minimum Gasteiger partial charge on any atom is -0.384 e. The first-order valence-corrected chi connectivity index (χ1v) is 21.2. The van der Waals surface area contributed by atoms with Crippen molar-refractivity contribution in [1.82, 2.24) is 0 Å². The van der Waals surface area contributed by atoms with E-state index in [-0.39, 0.29) is 0 Å². The average molecular weight is 789 g/mol. The standard InChI is InChI=1S/C48H60N4O6/c1-9-37-33-42-38-10-2-14-46(42)50-18-6-22-54-26-31-58-32-28-56-24-8-20-52-48-16-4-12-40-35-43-39(36-44(40)48)11-3-15-47(43)51-19-7-23-55-27-30-57-29-25-53-21-5-17-49-45(13-1)41(37)34-38/h1-4,9-16,33-36,49-52H,5-8,17-32H2. The fourth-order valence-corrected chi connectivity index (χ4v) is 7.39. The van der Waals surface area contributed by atoms with Crippen LogP contribution in [0.25, 0.3) is 43.1 Å². The topological polar surface area (TPSA) is 104 Å². The van der Waals surface area contributed by atoms with Gasteiger partial charge in [-0.3, -0.25) is 0 Å². The molecular weight excluding hydrogens is 729 g/mol. The number of nitrogens with one attached hydrogen (secondary N) is 4. The molecule has 4 heterocycles. The van der Waals surface area contributed by atoms with Gasteiger partial charge in [0.2, 0.25) is 0 Å². The van der Waals surface area contributed by atoms with Crippen molar-refractivity contribution in [2.24, 2.45) is 0 Å². The molecule has 4 N–H and O–H groups in total. The zero-order valence-corrected chi connectivity index (χ0v) is 33.8. The lowest BCUT2D eigenvalue weighted by Gasteiger charge is -2.14. The summed E-state index contributed by atoms with van der Waals surface area (Å²) in [4.78, 5) is 0. The van der Waals surface area contributed by atoms with Crippen LogP contribution in [0.15, 0.2) is 97.1 Å². The molecule has 10 rings (SSSR count). The van der Waals surface area contributed by atoms with Crippen LogP contribution in [-0.4, -0.2) is 105 Å². The largest absolute Gasteiger partial charge is 0.384 e. The first kappa shape index (κ1) is 41.5. The van der Waals surface area contributed by atoms with E-state index in [1.807, 2.05) is 0 Å². The lowest BCUT2D eigenvalue weighted by molar-refractivity contribution is 0.0145. The van der Waals surface area contributed by atoms with Crippen LogP contribution in [0.1, 0.15) is 25.7 Å². The maximum atomic E-state index is 5.84. The molecule has 0 spiro atoms. The third-order valence-corrected chi connectivity index (χ3v) is 10.4. The smallest absolute Gasteiger partial charge is 0.0701 e. The minimum atomic E-state index is 0.567. The average Bonchev–Trinajstić information content (AvgIpc) is 3.25. The Morgan fingerprint density at radius 3 is 0.741 bits per heavy atom. The number of benzene rings is 6. The summed E-state index contributed by atoms with van der Waals surface area (Å²) in [6.45, 7) is 10.7. The van der Waals surface area contributed by atoms with E-state index in [4.69, 9.17) is 28.4 Å². The van der Waals surface area contributed by atoms with Crippen molar-refractivity contribution in [3.05, 3.63) is 97.1 Å². The van der Waals surface area contributed by atoms with E-state index < -0.39 is 0 Å². The Bertz CT molecular complexity index is 1860. The van der Waals surface area contributed by atoms with Crippen molar-refractivity contribution in [2.75, 3.05) is 127 Å². The molecule has 0 unspecified atom stereocenters. The van der Waals surface area contributed by atoms with Crippen LogP contribution in [0.2, 0.25) is 0 Å². The van der Waals surface area contributed by atoms with Gasteiger partial charge in [-0.05, 0) is 95.8 Å². The fourth-order valence-electron chi connectivity index (χ4n) is 7.39. The van der Waals surface area contributed by atoms with Gasteiger partial charge in [0.25, 0.3) is 0 Å². The van der Waals surface area contributed by atoms with Crippen LogP contribution < -0.4 is 21.3 Å². The molecular formula is C48H60N4O6. The van der Waals surface area contributed by atoms with Crippen molar-refractivity contribution in [3.63, 3.8) is 0 Å². The lowest BCUT2D eigenvalue weighted by atomic mass is 10.0. The summed E-state index contributed by atoms with van der Waals surface area (Å²) < 4.78 is 34.9. The van der Waals surface area contributed by atoms with Crippen LogP contribution in [-0.2, 0) is 28.4 Å². The molecule has 0 atom stereocenters. The van der Waals surface area contributed by atoms with Crippen molar-refractivity contribution in [2.45, 2.75) is 25.7 Å². The van der Waals surface area contributed by atoms with Crippen LogP contribution in [0.5, 0.6) is 0 Å². The van der Waals surface area contributed by atoms with Crippen LogP contribution in [0.3, 0.4) is 0 Å². The van der Waals surface area contributed by atoms with E-state index in [9.17, 15) is 0 Å².